The minimum Gasteiger partial charge on any atom is -0.373 e. The summed E-state index contributed by atoms with van der Waals surface area (Å²) in [5, 5.41) is 3.43. The van der Waals surface area contributed by atoms with E-state index < -0.39 is 10.0 Å². The third-order valence-corrected chi connectivity index (χ3v) is 7.02. The van der Waals surface area contributed by atoms with Crippen molar-refractivity contribution in [2.75, 3.05) is 25.4 Å². The summed E-state index contributed by atoms with van der Waals surface area (Å²) in [6.07, 6.45) is 0.512. The first-order valence-electron chi connectivity index (χ1n) is 8.93. The van der Waals surface area contributed by atoms with Crippen LogP contribution in [-0.4, -0.2) is 56.2 Å². The summed E-state index contributed by atoms with van der Waals surface area (Å²) in [6, 6.07) is 7.53. The lowest BCUT2D eigenvalue weighted by Gasteiger charge is -2.34. The molecule has 26 heavy (non-hydrogen) atoms. The Bertz CT molecular complexity index is 760. The van der Waals surface area contributed by atoms with Crippen LogP contribution in [0.25, 0.3) is 0 Å². The van der Waals surface area contributed by atoms with E-state index in [9.17, 15) is 13.2 Å². The number of rotatable bonds is 6. The third kappa shape index (κ3) is 4.57. The molecule has 0 aromatic heterocycles. The number of hydrogen-bond acceptors (Lipinski definition) is 4. The summed E-state index contributed by atoms with van der Waals surface area (Å²) in [7, 11) is -3.41. The number of benzene rings is 1. The van der Waals surface area contributed by atoms with Crippen LogP contribution in [0.5, 0.6) is 0 Å². The first-order valence-corrected chi connectivity index (χ1v) is 10.9. The Labute approximate surface area is 159 Å². The number of carbonyl (C=O) groups excluding carboxylic acids is 1. The van der Waals surface area contributed by atoms with Crippen LogP contribution >= 0.6 is 11.6 Å². The maximum atomic E-state index is 12.5. The highest BCUT2D eigenvalue weighted by atomic mass is 35.5. The van der Waals surface area contributed by atoms with Gasteiger partial charge in [-0.2, -0.15) is 4.31 Å². The zero-order chi connectivity index (χ0) is 18.9. The van der Waals surface area contributed by atoms with Gasteiger partial charge in [0.15, 0.2) is 0 Å². The number of nitrogens with zero attached hydrogens (tertiary/aromatic N) is 1. The largest absolute Gasteiger partial charge is 0.373 e. The van der Waals surface area contributed by atoms with E-state index in [1.54, 1.807) is 0 Å². The van der Waals surface area contributed by atoms with Crippen LogP contribution < -0.4 is 5.32 Å². The lowest BCUT2D eigenvalue weighted by Crippen LogP contribution is -2.49. The van der Waals surface area contributed by atoms with Crippen molar-refractivity contribution in [3.63, 3.8) is 0 Å². The highest BCUT2D eigenvalue weighted by Crippen LogP contribution is 2.49. The van der Waals surface area contributed by atoms with Gasteiger partial charge in [-0.05, 0) is 37.8 Å². The van der Waals surface area contributed by atoms with Gasteiger partial charge in [-0.3, -0.25) is 4.79 Å². The van der Waals surface area contributed by atoms with Crippen molar-refractivity contribution in [3.8, 4) is 0 Å². The maximum absolute atomic E-state index is 12.5. The number of sulfonamides is 1. The lowest BCUT2D eigenvalue weighted by molar-refractivity contribution is -0.122. The van der Waals surface area contributed by atoms with Gasteiger partial charge in [-0.15, -0.1) is 0 Å². The van der Waals surface area contributed by atoms with Gasteiger partial charge in [0.05, 0.1) is 18.0 Å². The number of nitrogens with one attached hydrogen (secondary N) is 1. The van der Waals surface area contributed by atoms with E-state index >= 15 is 0 Å². The van der Waals surface area contributed by atoms with Crippen LogP contribution in [0.1, 0.15) is 31.7 Å². The van der Waals surface area contributed by atoms with Gasteiger partial charge in [-0.1, -0.05) is 29.8 Å². The molecule has 1 amide bonds. The molecule has 2 fully saturated rings. The van der Waals surface area contributed by atoms with Crippen molar-refractivity contribution < 1.29 is 17.9 Å². The van der Waals surface area contributed by atoms with Crippen LogP contribution in [0, 0.1) is 5.92 Å². The molecule has 1 saturated carbocycles. The van der Waals surface area contributed by atoms with E-state index in [-0.39, 0.29) is 42.2 Å². The van der Waals surface area contributed by atoms with Crippen molar-refractivity contribution in [2.45, 2.75) is 38.4 Å². The predicted octanol–water partition coefficient (Wildman–Crippen LogP) is 2.00. The Balaban J connectivity index is 1.48. The van der Waals surface area contributed by atoms with Crippen LogP contribution in [0.2, 0.25) is 5.02 Å². The van der Waals surface area contributed by atoms with Crippen molar-refractivity contribution >= 4 is 27.5 Å². The van der Waals surface area contributed by atoms with Gasteiger partial charge in [0.2, 0.25) is 15.9 Å². The van der Waals surface area contributed by atoms with E-state index in [0.29, 0.717) is 18.1 Å². The Morgan fingerprint density at radius 2 is 1.92 bits per heavy atom. The quantitative estimate of drug-likeness (QED) is 0.792. The average Bonchev–Trinajstić information content (AvgIpc) is 3.34. The summed E-state index contributed by atoms with van der Waals surface area (Å²) in [4.78, 5) is 12.3. The van der Waals surface area contributed by atoms with Gasteiger partial charge < -0.3 is 10.1 Å². The number of ether oxygens (including phenoxy) is 1. The molecular weight excluding hydrogens is 376 g/mol. The second kappa shape index (κ2) is 7.84. The number of morpholine rings is 1. The third-order valence-electron chi connectivity index (χ3n) is 4.87. The highest BCUT2D eigenvalue weighted by molar-refractivity contribution is 7.89. The van der Waals surface area contributed by atoms with Crippen LogP contribution in [0.15, 0.2) is 24.3 Å². The van der Waals surface area contributed by atoms with Crippen LogP contribution in [-0.2, 0) is 19.6 Å². The van der Waals surface area contributed by atoms with Crippen LogP contribution in [0.3, 0.4) is 0 Å². The first kappa shape index (κ1) is 19.6. The molecule has 144 valence electrons. The molecule has 4 atom stereocenters. The van der Waals surface area contributed by atoms with Gasteiger partial charge >= 0.3 is 0 Å². The fourth-order valence-corrected chi connectivity index (χ4v) is 5.29. The van der Waals surface area contributed by atoms with E-state index in [1.807, 2.05) is 38.1 Å². The van der Waals surface area contributed by atoms with Gasteiger partial charge in [0.1, 0.15) is 0 Å². The monoisotopic (exact) mass is 400 g/mol. The molecule has 1 aliphatic carbocycles. The normalized spacial score (nSPS) is 29.3. The molecule has 6 nitrogen and oxygen atoms in total. The molecule has 3 rings (SSSR count). The van der Waals surface area contributed by atoms with Crippen molar-refractivity contribution in [1.29, 1.82) is 0 Å². The first-order chi connectivity index (χ1) is 12.3. The molecule has 0 bridgehead atoms. The topological polar surface area (TPSA) is 75.7 Å². The fourth-order valence-electron chi connectivity index (χ4n) is 3.53. The zero-order valence-corrected chi connectivity index (χ0v) is 16.6. The molecule has 2 aliphatic rings. The molecule has 1 heterocycles. The zero-order valence-electron chi connectivity index (χ0n) is 15.0. The maximum Gasteiger partial charge on any atom is 0.223 e. The smallest absolute Gasteiger partial charge is 0.223 e. The molecule has 1 aliphatic heterocycles. The van der Waals surface area contributed by atoms with Gasteiger partial charge in [0.25, 0.3) is 0 Å². The SMILES string of the molecule is CC1CN(S(=O)(=O)CCNC(=O)C2CC2c2ccccc2Cl)CC(C)O1. The molecule has 1 aromatic rings. The second-order valence-electron chi connectivity index (χ2n) is 7.15. The summed E-state index contributed by atoms with van der Waals surface area (Å²) >= 11 is 6.18. The summed E-state index contributed by atoms with van der Waals surface area (Å²) in [5.74, 6) is -0.196. The highest BCUT2D eigenvalue weighted by Gasteiger charge is 2.44. The van der Waals surface area contributed by atoms with E-state index in [2.05, 4.69) is 5.32 Å². The summed E-state index contributed by atoms with van der Waals surface area (Å²) in [6.45, 7) is 4.56. The molecule has 1 aromatic carbocycles. The Morgan fingerprint density at radius 1 is 1.27 bits per heavy atom. The Morgan fingerprint density at radius 3 is 2.58 bits per heavy atom. The molecule has 8 heteroatoms. The minimum atomic E-state index is -3.41. The van der Waals surface area contributed by atoms with Gasteiger partial charge in [-0.25, -0.2) is 8.42 Å². The number of halogens is 1. The molecule has 0 spiro atoms. The minimum absolute atomic E-state index is 0.0956. The number of amides is 1. The van der Waals surface area contributed by atoms with E-state index in [1.165, 1.54) is 4.31 Å². The fraction of sp³-hybridized carbons (Fsp3) is 0.611. The second-order valence-corrected chi connectivity index (χ2v) is 9.65. The lowest BCUT2D eigenvalue weighted by atomic mass is 10.1. The predicted molar refractivity (Wildman–Crippen MR) is 101 cm³/mol. The summed E-state index contributed by atoms with van der Waals surface area (Å²) < 4.78 is 32.0. The van der Waals surface area contributed by atoms with Gasteiger partial charge in [0, 0.05) is 30.6 Å². The number of carbonyl (C=O) groups is 1. The molecule has 4 unspecified atom stereocenters. The Hall–Kier alpha value is -1.15. The molecule has 1 N–H and O–H groups in total. The Kier molecular flexibility index (Phi) is 5.91. The van der Waals surface area contributed by atoms with Crippen molar-refractivity contribution in [1.82, 2.24) is 9.62 Å². The van der Waals surface area contributed by atoms with Crippen LogP contribution in [0.4, 0.5) is 0 Å². The van der Waals surface area contributed by atoms with E-state index in [0.717, 1.165) is 12.0 Å². The summed E-state index contributed by atoms with van der Waals surface area (Å²) in [5.41, 5.74) is 0.984. The standard InChI is InChI=1S/C18H25ClN2O4S/c1-12-10-21(11-13(2)25-12)26(23,24)8-7-20-18(22)16-9-15(16)14-5-3-4-6-17(14)19/h3-6,12-13,15-16H,7-11H2,1-2H3,(H,20,22). The molecular formula is C18H25ClN2O4S. The molecule has 1 saturated heterocycles. The van der Waals surface area contributed by atoms with Crippen molar-refractivity contribution in [3.05, 3.63) is 34.9 Å². The average molecular weight is 401 g/mol. The van der Waals surface area contributed by atoms with E-state index in [4.69, 9.17) is 16.3 Å². The van der Waals surface area contributed by atoms with Crippen molar-refractivity contribution in [2.24, 2.45) is 5.92 Å². The molecule has 0 radical (unpaired) electrons. The number of hydrogen-bond donors (Lipinski definition) is 1.